The summed E-state index contributed by atoms with van der Waals surface area (Å²) in [5, 5.41) is 7.05. The summed E-state index contributed by atoms with van der Waals surface area (Å²) in [4.78, 5) is 30.4. The van der Waals surface area contributed by atoms with Crippen molar-refractivity contribution in [3.63, 3.8) is 0 Å². The molecular weight excluding hydrogens is 282 g/mol. The third-order valence-corrected chi connectivity index (χ3v) is 3.11. The fourth-order valence-electron chi connectivity index (χ4n) is 2.12. The Hall–Kier alpha value is -2.96. The maximum absolute atomic E-state index is 11.8. The first kappa shape index (κ1) is 14.0. The third kappa shape index (κ3) is 2.73. The van der Waals surface area contributed by atoms with Crippen LogP contribution in [0, 0.1) is 0 Å². The van der Waals surface area contributed by atoms with Crippen LogP contribution in [0.3, 0.4) is 0 Å². The zero-order chi connectivity index (χ0) is 15.5. The monoisotopic (exact) mass is 297 g/mol. The molecule has 2 N–H and O–H groups in total. The first-order valence-electron chi connectivity index (χ1n) is 7.02. The fraction of sp³-hybridized carbons (Fsp3) is 0.200. The number of anilines is 1. The van der Waals surface area contributed by atoms with E-state index in [2.05, 4.69) is 20.4 Å². The second kappa shape index (κ2) is 5.80. The molecule has 0 radical (unpaired) electrons. The number of nitrogens with one attached hydrogen (secondary N) is 2. The van der Waals surface area contributed by atoms with E-state index in [4.69, 9.17) is 0 Å². The Morgan fingerprint density at radius 3 is 2.82 bits per heavy atom. The van der Waals surface area contributed by atoms with E-state index < -0.39 is 0 Å². The van der Waals surface area contributed by atoms with E-state index >= 15 is 0 Å². The van der Waals surface area contributed by atoms with Crippen molar-refractivity contribution in [1.29, 1.82) is 0 Å². The summed E-state index contributed by atoms with van der Waals surface area (Å²) in [6, 6.07) is 10.7. The molecule has 2 heterocycles. The van der Waals surface area contributed by atoms with E-state index in [0.29, 0.717) is 18.1 Å². The van der Waals surface area contributed by atoms with Crippen molar-refractivity contribution < 1.29 is 4.79 Å². The predicted octanol–water partition coefficient (Wildman–Crippen LogP) is 1.82. The number of carbonyl (C=O) groups excluding carboxylic acids is 1. The Bertz CT molecular complexity index is 867. The number of hydrogen-bond donors (Lipinski definition) is 2. The molecule has 0 spiro atoms. The minimum Gasteiger partial charge on any atom is -0.310 e. The number of rotatable bonds is 4. The van der Waals surface area contributed by atoms with Gasteiger partial charge in [0.1, 0.15) is 5.82 Å². The van der Waals surface area contributed by atoms with Gasteiger partial charge in [0.25, 0.3) is 5.56 Å². The number of benzene rings is 1. The normalized spacial score (nSPS) is 10.8. The van der Waals surface area contributed by atoms with Crippen LogP contribution < -0.4 is 10.9 Å². The number of H-pyrrole nitrogens is 1. The molecule has 1 aromatic carbocycles. The van der Waals surface area contributed by atoms with Crippen molar-refractivity contribution in [3.8, 4) is 11.4 Å². The van der Waals surface area contributed by atoms with Gasteiger partial charge in [-0.1, -0.05) is 37.3 Å². The summed E-state index contributed by atoms with van der Waals surface area (Å²) in [6.45, 7) is 1.91. The zero-order valence-electron chi connectivity index (χ0n) is 12.0. The van der Waals surface area contributed by atoms with Crippen LogP contribution in [-0.4, -0.2) is 25.5 Å². The van der Waals surface area contributed by atoms with Crippen LogP contribution in [0.5, 0.6) is 0 Å². The Morgan fingerprint density at radius 1 is 1.32 bits per heavy atom. The third-order valence-electron chi connectivity index (χ3n) is 3.11. The van der Waals surface area contributed by atoms with Gasteiger partial charge in [0.2, 0.25) is 11.7 Å². The molecule has 3 rings (SSSR count). The molecule has 1 amide bonds. The highest BCUT2D eigenvalue weighted by molar-refractivity contribution is 5.89. The highest BCUT2D eigenvalue weighted by Crippen LogP contribution is 2.16. The maximum atomic E-state index is 11.8. The topological polar surface area (TPSA) is 92.1 Å². The number of aromatic amines is 1. The van der Waals surface area contributed by atoms with Gasteiger partial charge < -0.3 is 5.32 Å². The average molecular weight is 297 g/mol. The van der Waals surface area contributed by atoms with E-state index in [1.54, 1.807) is 0 Å². The molecule has 0 fully saturated rings. The summed E-state index contributed by atoms with van der Waals surface area (Å²) in [5.74, 6) is 0.921. The van der Waals surface area contributed by atoms with E-state index in [0.717, 1.165) is 12.0 Å². The summed E-state index contributed by atoms with van der Waals surface area (Å²) in [6.07, 6.45) is 1.11. The molecule has 0 aliphatic heterocycles. The highest BCUT2D eigenvalue weighted by atomic mass is 16.2. The second-order valence-electron chi connectivity index (χ2n) is 4.85. The first-order valence-corrected chi connectivity index (χ1v) is 7.02. The predicted molar refractivity (Wildman–Crippen MR) is 82.6 cm³/mol. The van der Waals surface area contributed by atoms with Crippen molar-refractivity contribution in [3.05, 3.63) is 46.8 Å². The van der Waals surface area contributed by atoms with E-state index in [1.165, 1.54) is 10.6 Å². The van der Waals surface area contributed by atoms with E-state index in [-0.39, 0.29) is 17.2 Å². The lowest BCUT2D eigenvalue weighted by Crippen LogP contribution is -2.18. The molecule has 0 bridgehead atoms. The molecule has 22 heavy (non-hydrogen) atoms. The largest absolute Gasteiger partial charge is 0.310 e. The van der Waals surface area contributed by atoms with Crippen LogP contribution in [0.25, 0.3) is 17.2 Å². The first-order chi connectivity index (χ1) is 10.7. The maximum Gasteiger partial charge on any atom is 0.254 e. The van der Waals surface area contributed by atoms with Gasteiger partial charge in [0.05, 0.1) is 0 Å². The fourth-order valence-corrected chi connectivity index (χ4v) is 2.12. The molecule has 7 heteroatoms. The summed E-state index contributed by atoms with van der Waals surface area (Å²) in [5.41, 5.74) is 0.490. The Balaban J connectivity index is 2.07. The summed E-state index contributed by atoms with van der Waals surface area (Å²) >= 11 is 0. The van der Waals surface area contributed by atoms with E-state index in [1.807, 2.05) is 37.3 Å². The lowest BCUT2D eigenvalue weighted by molar-refractivity contribution is -0.116. The summed E-state index contributed by atoms with van der Waals surface area (Å²) < 4.78 is 1.43. The van der Waals surface area contributed by atoms with Gasteiger partial charge in [0, 0.05) is 18.1 Å². The smallest absolute Gasteiger partial charge is 0.254 e. The average Bonchev–Trinajstić information content (AvgIpc) is 2.92. The number of aromatic nitrogens is 4. The number of hydrogen-bond acceptors (Lipinski definition) is 4. The molecule has 0 unspecified atom stereocenters. The van der Waals surface area contributed by atoms with Crippen LogP contribution >= 0.6 is 0 Å². The Kier molecular flexibility index (Phi) is 3.69. The van der Waals surface area contributed by atoms with Crippen molar-refractivity contribution in [2.45, 2.75) is 19.8 Å². The molecule has 0 saturated heterocycles. The lowest BCUT2D eigenvalue weighted by atomic mass is 10.2. The van der Waals surface area contributed by atoms with Crippen LogP contribution in [-0.2, 0) is 4.79 Å². The van der Waals surface area contributed by atoms with E-state index in [9.17, 15) is 9.59 Å². The molecule has 0 saturated carbocycles. The Morgan fingerprint density at radius 2 is 2.09 bits per heavy atom. The van der Waals surface area contributed by atoms with Gasteiger partial charge >= 0.3 is 0 Å². The molecular formula is C15H15N5O2. The molecule has 7 nitrogen and oxygen atoms in total. The quantitative estimate of drug-likeness (QED) is 0.768. The standard InChI is InChI=1S/C15H15N5O2/c1-2-6-12(21)16-11-9-13(22)17-15-18-14(19-20(11)15)10-7-4-3-5-8-10/h3-5,7-9H,2,6H2,1H3,(H,16,21)(H,17,18,19,22). The number of fused-ring (bicyclic) bond motifs is 1. The minimum absolute atomic E-state index is 0.161. The van der Waals surface area contributed by atoms with Crippen molar-refractivity contribution in [1.82, 2.24) is 19.6 Å². The van der Waals surface area contributed by atoms with Crippen LogP contribution in [0.2, 0.25) is 0 Å². The van der Waals surface area contributed by atoms with Gasteiger partial charge in [0.15, 0.2) is 5.82 Å². The van der Waals surface area contributed by atoms with Crippen LogP contribution in [0.4, 0.5) is 5.82 Å². The zero-order valence-corrected chi connectivity index (χ0v) is 12.0. The minimum atomic E-state index is -0.341. The molecule has 3 aromatic rings. The van der Waals surface area contributed by atoms with Gasteiger partial charge in [-0.15, -0.1) is 5.10 Å². The summed E-state index contributed by atoms with van der Waals surface area (Å²) in [7, 11) is 0. The van der Waals surface area contributed by atoms with Gasteiger partial charge in [-0.3, -0.25) is 14.6 Å². The number of carbonyl (C=O) groups is 1. The molecule has 2 aromatic heterocycles. The van der Waals surface area contributed by atoms with Crippen molar-refractivity contribution >= 4 is 17.5 Å². The van der Waals surface area contributed by atoms with Crippen molar-refractivity contribution in [2.75, 3.05) is 5.32 Å². The highest BCUT2D eigenvalue weighted by Gasteiger charge is 2.12. The number of nitrogens with zero attached hydrogens (tertiary/aromatic N) is 3. The molecule has 0 atom stereocenters. The second-order valence-corrected chi connectivity index (χ2v) is 4.85. The van der Waals surface area contributed by atoms with Gasteiger partial charge in [-0.2, -0.15) is 9.50 Å². The number of amides is 1. The molecule has 0 aliphatic rings. The van der Waals surface area contributed by atoms with Crippen molar-refractivity contribution in [2.24, 2.45) is 0 Å². The van der Waals surface area contributed by atoms with Gasteiger partial charge in [-0.05, 0) is 6.42 Å². The molecule has 112 valence electrons. The lowest BCUT2D eigenvalue weighted by Gasteiger charge is -2.04. The van der Waals surface area contributed by atoms with Crippen LogP contribution in [0.15, 0.2) is 41.2 Å². The van der Waals surface area contributed by atoms with Crippen LogP contribution in [0.1, 0.15) is 19.8 Å². The molecule has 0 aliphatic carbocycles. The van der Waals surface area contributed by atoms with Gasteiger partial charge in [-0.25, -0.2) is 0 Å². The Labute approximate surface area is 126 Å². The SMILES string of the molecule is CCCC(=O)Nc1cc(=O)[nH]c2nc(-c3ccccc3)nn12.